The summed E-state index contributed by atoms with van der Waals surface area (Å²) in [7, 11) is -2.11. The lowest BCUT2D eigenvalue weighted by molar-refractivity contribution is -0.384. The Morgan fingerprint density at radius 3 is 2.70 bits per heavy atom. The maximum atomic E-state index is 11.3. The topological polar surface area (TPSA) is 119 Å². The monoisotopic (exact) mass is 300 g/mol. The highest BCUT2D eigenvalue weighted by Crippen LogP contribution is 2.32. The third-order valence-electron chi connectivity index (χ3n) is 3.41. The number of rotatable bonds is 4. The Hall–Kier alpha value is -1.71. The number of hydrogen-bond acceptors (Lipinski definition) is 6. The van der Waals surface area contributed by atoms with E-state index in [4.69, 9.17) is 5.14 Å². The van der Waals surface area contributed by atoms with Crippen molar-refractivity contribution in [1.29, 1.82) is 0 Å². The number of sulfonamides is 1. The van der Waals surface area contributed by atoms with Crippen molar-refractivity contribution >= 4 is 21.4 Å². The van der Waals surface area contributed by atoms with Crippen LogP contribution in [0.5, 0.6) is 0 Å². The van der Waals surface area contributed by atoms with E-state index in [-0.39, 0.29) is 16.6 Å². The van der Waals surface area contributed by atoms with Crippen molar-refractivity contribution in [2.24, 2.45) is 5.14 Å². The molecule has 1 aromatic carbocycles. The SMILES string of the molecule is CNC1CCN(c2ccc(S(N)(=O)=O)cc2[N+](=O)[O-])C1. The number of nitrogens with two attached hydrogens (primary N) is 1. The standard InChI is InChI=1S/C11H16N4O4S/c1-13-8-4-5-14(7-8)10-3-2-9(20(12,18)19)6-11(10)15(16)17/h2-3,6,8,13H,4-5,7H2,1H3,(H2,12,18,19). The second kappa shape index (κ2) is 5.35. The molecule has 0 bridgehead atoms. The molecule has 1 unspecified atom stereocenters. The van der Waals surface area contributed by atoms with Gasteiger partial charge < -0.3 is 10.2 Å². The van der Waals surface area contributed by atoms with E-state index in [1.807, 2.05) is 11.9 Å². The number of nitro benzene ring substituents is 1. The zero-order valence-corrected chi connectivity index (χ0v) is 11.8. The fourth-order valence-electron chi connectivity index (χ4n) is 2.31. The highest BCUT2D eigenvalue weighted by atomic mass is 32.2. The van der Waals surface area contributed by atoms with Crippen molar-refractivity contribution in [1.82, 2.24) is 5.32 Å². The summed E-state index contributed by atoms with van der Waals surface area (Å²) in [6.45, 7) is 1.33. The summed E-state index contributed by atoms with van der Waals surface area (Å²) < 4.78 is 22.5. The molecular formula is C11H16N4O4S. The molecule has 1 atom stereocenters. The van der Waals surface area contributed by atoms with Gasteiger partial charge in [0, 0.05) is 25.2 Å². The minimum absolute atomic E-state index is 0.242. The summed E-state index contributed by atoms with van der Waals surface area (Å²) in [5.74, 6) is 0. The van der Waals surface area contributed by atoms with Gasteiger partial charge in [0.2, 0.25) is 10.0 Å². The third kappa shape index (κ3) is 2.89. The maximum Gasteiger partial charge on any atom is 0.293 e. The van der Waals surface area contributed by atoms with Gasteiger partial charge in [0.15, 0.2) is 0 Å². The summed E-state index contributed by atoms with van der Waals surface area (Å²) in [4.78, 5) is 12.2. The first-order chi connectivity index (χ1) is 9.32. The second-order valence-corrected chi connectivity index (χ2v) is 6.23. The minimum atomic E-state index is -3.95. The van der Waals surface area contributed by atoms with Crippen molar-refractivity contribution in [2.45, 2.75) is 17.4 Å². The molecule has 0 radical (unpaired) electrons. The molecule has 3 N–H and O–H groups in total. The highest BCUT2D eigenvalue weighted by molar-refractivity contribution is 7.89. The molecule has 1 fully saturated rings. The van der Waals surface area contributed by atoms with Crippen LogP contribution in [0, 0.1) is 10.1 Å². The summed E-state index contributed by atoms with van der Waals surface area (Å²) in [5.41, 5.74) is 0.174. The molecule has 2 rings (SSSR count). The first kappa shape index (κ1) is 14.7. The van der Waals surface area contributed by atoms with Crippen LogP contribution in [-0.2, 0) is 10.0 Å². The van der Waals surface area contributed by atoms with Crippen LogP contribution in [0.3, 0.4) is 0 Å². The maximum absolute atomic E-state index is 11.3. The molecule has 1 aliphatic heterocycles. The van der Waals surface area contributed by atoms with E-state index in [1.54, 1.807) is 0 Å². The van der Waals surface area contributed by atoms with Crippen molar-refractivity contribution in [3.8, 4) is 0 Å². The van der Waals surface area contributed by atoms with Gasteiger partial charge in [0.05, 0.1) is 9.82 Å². The fourth-order valence-corrected chi connectivity index (χ4v) is 2.84. The van der Waals surface area contributed by atoms with E-state index >= 15 is 0 Å². The van der Waals surface area contributed by atoms with Crippen molar-refractivity contribution in [2.75, 3.05) is 25.0 Å². The predicted octanol–water partition coefficient (Wildman–Crippen LogP) is 0.0403. The van der Waals surface area contributed by atoms with Gasteiger partial charge in [0.25, 0.3) is 5.69 Å². The number of hydrogen-bond donors (Lipinski definition) is 2. The van der Waals surface area contributed by atoms with E-state index in [0.29, 0.717) is 18.8 Å². The molecule has 1 aliphatic rings. The average Bonchev–Trinajstić information content (AvgIpc) is 2.85. The van der Waals surface area contributed by atoms with Crippen LogP contribution in [0.1, 0.15) is 6.42 Å². The molecule has 1 saturated heterocycles. The van der Waals surface area contributed by atoms with Crippen molar-refractivity contribution in [3.63, 3.8) is 0 Å². The largest absolute Gasteiger partial charge is 0.364 e. The first-order valence-corrected chi connectivity index (χ1v) is 7.61. The number of nitrogens with zero attached hydrogens (tertiary/aromatic N) is 2. The second-order valence-electron chi connectivity index (χ2n) is 4.67. The Balaban J connectivity index is 2.42. The highest BCUT2D eigenvalue weighted by Gasteiger charge is 2.28. The van der Waals surface area contributed by atoms with E-state index in [9.17, 15) is 18.5 Å². The van der Waals surface area contributed by atoms with E-state index in [2.05, 4.69) is 5.32 Å². The molecule has 110 valence electrons. The zero-order chi connectivity index (χ0) is 14.9. The normalized spacial score (nSPS) is 19.3. The Morgan fingerprint density at radius 1 is 1.50 bits per heavy atom. The molecule has 9 heteroatoms. The van der Waals surface area contributed by atoms with Crippen molar-refractivity contribution < 1.29 is 13.3 Å². The third-order valence-corrected chi connectivity index (χ3v) is 4.32. The van der Waals surface area contributed by atoms with Crippen LogP contribution in [-0.4, -0.2) is 39.5 Å². The molecular weight excluding hydrogens is 284 g/mol. The quantitative estimate of drug-likeness (QED) is 0.598. The summed E-state index contributed by atoms with van der Waals surface area (Å²) in [5, 5.41) is 19.3. The lowest BCUT2D eigenvalue weighted by Gasteiger charge is -2.18. The minimum Gasteiger partial charge on any atom is -0.364 e. The first-order valence-electron chi connectivity index (χ1n) is 6.06. The van der Waals surface area contributed by atoms with Gasteiger partial charge in [-0.05, 0) is 25.6 Å². The van der Waals surface area contributed by atoms with Gasteiger partial charge in [-0.15, -0.1) is 0 Å². The van der Waals surface area contributed by atoms with Gasteiger partial charge in [0.1, 0.15) is 5.69 Å². The van der Waals surface area contributed by atoms with Crippen LogP contribution in [0.2, 0.25) is 0 Å². The number of likely N-dealkylation sites (N-methyl/N-ethyl adjacent to an activating group) is 1. The van der Waals surface area contributed by atoms with Crippen LogP contribution < -0.4 is 15.4 Å². The lowest BCUT2D eigenvalue weighted by atomic mass is 10.2. The van der Waals surface area contributed by atoms with Gasteiger partial charge in [-0.25, -0.2) is 13.6 Å². The van der Waals surface area contributed by atoms with Gasteiger partial charge in [-0.2, -0.15) is 0 Å². The fraction of sp³-hybridized carbons (Fsp3) is 0.455. The van der Waals surface area contributed by atoms with Crippen LogP contribution in [0.25, 0.3) is 0 Å². The molecule has 0 amide bonds. The molecule has 1 aromatic rings. The lowest BCUT2D eigenvalue weighted by Crippen LogP contribution is -2.29. The summed E-state index contributed by atoms with van der Waals surface area (Å²) in [6, 6.07) is 4.02. The van der Waals surface area contributed by atoms with Crippen LogP contribution >= 0.6 is 0 Å². The van der Waals surface area contributed by atoms with Crippen LogP contribution in [0.15, 0.2) is 23.1 Å². The molecule has 8 nitrogen and oxygen atoms in total. The Kier molecular flexibility index (Phi) is 3.93. The number of nitro groups is 1. The number of benzene rings is 1. The molecule has 0 aromatic heterocycles. The zero-order valence-electron chi connectivity index (χ0n) is 10.9. The summed E-state index contributed by atoms with van der Waals surface area (Å²) in [6.07, 6.45) is 0.880. The Morgan fingerprint density at radius 2 is 2.20 bits per heavy atom. The van der Waals surface area contributed by atoms with E-state index in [1.165, 1.54) is 12.1 Å². The number of nitrogens with one attached hydrogen (secondary N) is 1. The smallest absolute Gasteiger partial charge is 0.293 e. The van der Waals surface area contributed by atoms with Crippen LogP contribution in [0.4, 0.5) is 11.4 Å². The Labute approximate surface area is 116 Å². The molecule has 1 heterocycles. The van der Waals surface area contributed by atoms with Gasteiger partial charge in [-0.1, -0.05) is 0 Å². The predicted molar refractivity (Wildman–Crippen MR) is 74.1 cm³/mol. The Bertz CT molecular complexity index is 631. The van der Waals surface area contributed by atoms with E-state index < -0.39 is 14.9 Å². The number of anilines is 1. The molecule has 20 heavy (non-hydrogen) atoms. The molecule has 0 aliphatic carbocycles. The summed E-state index contributed by atoms with van der Waals surface area (Å²) >= 11 is 0. The molecule has 0 saturated carbocycles. The van der Waals surface area contributed by atoms with Crippen molar-refractivity contribution in [3.05, 3.63) is 28.3 Å². The van der Waals surface area contributed by atoms with Gasteiger partial charge >= 0.3 is 0 Å². The average molecular weight is 300 g/mol. The van der Waals surface area contributed by atoms with E-state index in [0.717, 1.165) is 12.5 Å². The molecule has 0 spiro atoms. The van der Waals surface area contributed by atoms with Gasteiger partial charge in [-0.3, -0.25) is 10.1 Å². The number of primary sulfonamides is 1.